The molecule has 2 N–H and O–H groups in total. The average Bonchev–Trinajstić information content (AvgIpc) is 2.63. The van der Waals surface area contributed by atoms with E-state index in [1.807, 2.05) is 0 Å². The summed E-state index contributed by atoms with van der Waals surface area (Å²) in [5, 5.41) is 9.62. The number of carbonyl (C=O) groups is 1. The molecule has 0 fully saturated rings. The number of hydrogen-bond acceptors (Lipinski definition) is 4. The largest absolute Gasteiger partial charge is 0.398 e. The second kappa shape index (κ2) is 3.13. The second-order valence-corrected chi connectivity index (χ2v) is 3.91. The van der Waals surface area contributed by atoms with E-state index in [-0.39, 0.29) is 0 Å². The quantitative estimate of drug-likeness (QED) is 0.569. The Morgan fingerprint density at radius 1 is 1.50 bits per heavy atom. The highest BCUT2D eigenvalue weighted by molar-refractivity contribution is 7.20. The van der Waals surface area contributed by atoms with Crippen LogP contribution in [-0.2, 0) is 0 Å². The number of nitriles is 1. The molecule has 3 nitrogen and oxygen atoms in total. The molecule has 0 aliphatic heterocycles. The van der Waals surface area contributed by atoms with Crippen LogP contribution in [0.25, 0.3) is 10.1 Å². The maximum Gasteiger partial charge on any atom is 0.160 e. The summed E-state index contributed by atoms with van der Waals surface area (Å²) in [4.78, 5) is 11.2. The first-order chi connectivity index (χ1) is 6.76. The lowest BCUT2D eigenvalue weighted by Crippen LogP contribution is -1.85. The number of benzene rings is 1. The Kier molecular flexibility index (Phi) is 1.95. The summed E-state index contributed by atoms with van der Waals surface area (Å²) < 4.78 is 0.787. The van der Waals surface area contributed by atoms with Gasteiger partial charge in [-0.3, -0.25) is 4.79 Å². The molecule has 0 aliphatic rings. The fourth-order valence-electron chi connectivity index (χ4n) is 1.31. The van der Waals surface area contributed by atoms with Crippen molar-refractivity contribution in [1.82, 2.24) is 0 Å². The van der Waals surface area contributed by atoms with E-state index >= 15 is 0 Å². The third-order valence-corrected chi connectivity index (χ3v) is 3.07. The van der Waals surface area contributed by atoms with Crippen LogP contribution in [0, 0.1) is 11.3 Å². The van der Waals surface area contributed by atoms with E-state index in [0.717, 1.165) is 16.4 Å². The summed E-state index contributed by atoms with van der Waals surface area (Å²) in [5.41, 5.74) is 6.89. The minimum absolute atomic E-state index is 0.562. The molecule has 1 aromatic heterocycles. The molecule has 1 heterocycles. The van der Waals surface area contributed by atoms with E-state index in [0.29, 0.717) is 16.1 Å². The Balaban J connectivity index is 2.89. The van der Waals surface area contributed by atoms with Crippen LogP contribution in [0.5, 0.6) is 0 Å². The first-order valence-corrected chi connectivity index (χ1v) is 4.75. The zero-order chi connectivity index (χ0) is 10.1. The predicted molar refractivity (Wildman–Crippen MR) is 56.3 cm³/mol. The molecule has 68 valence electrons. The maximum absolute atomic E-state index is 10.6. The van der Waals surface area contributed by atoms with Crippen molar-refractivity contribution >= 4 is 33.4 Å². The lowest BCUT2D eigenvalue weighted by Gasteiger charge is -1.96. The summed E-state index contributed by atoms with van der Waals surface area (Å²) in [7, 11) is 0. The number of nitrogens with zero attached hydrogens (tertiary/aromatic N) is 1. The molecule has 0 radical (unpaired) electrons. The van der Waals surface area contributed by atoms with Crippen LogP contribution in [0.4, 0.5) is 5.69 Å². The molecule has 0 saturated carbocycles. The molecule has 0 saturated heterocycles. The number of hydrogen-bond donors (Lipinski definition) is 1. The number of aldehydes is 1. The first-order valence-electron chi connectivity index (χ1n) is 3.93. The van der Waals surface area contributed by atoms with Gasteiger partial charge in [0.05, 0.1) is 15.1 Å². The van der Waals surface area contributed by atoms with Crippen LogP contribution < -0.4 is 5.73 Å². The van der Waals surface area contributed by atoms with E-state index in [9.17, 15) is 4.79 Å². The Labute approximate surface area is 84.4 Å². The number of nitrogens with two attached hydrogens (primary N) is 1. The van der Waals surface area contributed by atoms with Gasteiger partial charge in [-0.2, -0.15) is 5.26 Å². The van der Waals surface area contributed by atoms with Crippen molar-refractivity contribution in [3.05, 3.63) is 28.6 Å². The lowest BCUT2D eigenvalue weighted by atomic mass is 10.1. The van der Waals surface area contributed by atoms with Gasteiger partial charge < -0.3 is 5.73 Å². The maximum atomic E-state index is 10.6. The van der Waals surface area contributed by atoms with Crippen LogP contribution in [0.15, 0.2) is 18.2 Å². The van der Waals surface area contributed by atoms with Crippen molar-refractivity contribution in [3.63, 3.8) is 0 Å². The third kappa shape index (κ3) is 1.15. The van der Waals surface area contributed by atoms with Crippen molar-refractivity contribution in [3.8, 4) is 6.07 Å². The van der Waals surface area contributed by atoms with Gasteiger partial charge in [-0.25, -0.2) is 0 Å². The van der Waals surface area contributed by atoms with Crippen LogP contribution in [0.1, 0.15) is 15.2 Å². The highest BCUT2D eigenvalue weighted by atomic mass is 32.1. The topological polar surface area (TPSA) is 66.9 Å². The summed E-state index contributed by atoms with van der Waals surface area (Å²) in [6.07, 6.45) is 0.769. The van der Waals surface area contributed by atoms with Crippen LogP contribution >= 0.6 is 11.3 Å². The normalized spacial score (nSPS) is 9.93. The fraction of sp³-hybridized carbons (Fsp3) is 0. The highest BCUT2D eigenvalue weighted by Gasteiger charge is 2.08. The van der Waals surface area contributed by atoms with Gasteiger partial charge in [0.2, 0.25) is 0 Å². The van der Waals surface area contributed by atoms with Gasteiger partial charge in [0.15, 0.2) is 6.29 Å². The number of anilines is 1. The fourth-order valence-corrected chi connectivity index (χ4v) is 2.28. The van der Waals surface area contributed by atoms with E-state index in [1.54, 1.807) is 18.2 Å². The first kappa shape index (κ1) is 8.73. The van der Waals surface area contributed by atoms with E-state index < -0.39 is 0 Å². The van der Waals surface area contributed by atoms with E-state index in [1.165, 1.54) is 11.3 Å². The number of rotatable bonds is 1. The molecule has 0 spiro atoms. The number of thiophene rings is 1. The number of nitrogen functional groups attached to an aromatic ring is 1. The summed E-state index contributed by atoms with van der Waals surface area (Å²) in [5.74, 6) is 0. The molecule has 0 unspecified atom stereocenters. The van der Waals surface area contributed by atoms with Crippen LogP contribution in [-0.4, -0.2) is 6.29 Å². The van der Waals surface area contributed by atoms with Crippen molar-refractivity contribution < 1.29 is 4.79 Å². The summed E-state index contributed by atoms with van der Waals surface area (Å²) >= 11 is 1.29. The molecular formula is C10H6N2OS. The van der Waals surface area contributed by atoms with Crippen LogP contribution in [0.3, 0.4) is 0 Å². The van der Waals surface area contributed by atoms with Gasteiger partial charge in [0.1, 0.15) is 6.07 Å². The van der Waals surface area contributed by atoms with Gasteiger partial charge in [0.25, 0.3) is 0 Å². The van der Waals surface area contributed by atoms with Crippen LogP contribution in [0.2, 0.25) is 0 Å². The molecule has 4 heteroatoms. The van der Waals surface area contributed by atoms with Gasteiger partial charge in [-0.15, -0.1) is 11.3 Å². The minimum atomic E-state index is 0.562. The van der Waals surface area contributed by atoms with Gasteiger partial charge in [-0.1, -0.05) is 0 Å². The Morgan fingerprint density at radius 3 is 2.93 bits per heavy atom. The molecule has 2 rings (SSSR count). The summed E-state index contributed by atoms with van der Waals surface area (Å²) in [6, 6.07) is 7.14. The zero-order valence-electron chi connectivity index (χ0n) is 7.15. The van der Waals surface area contributed by atoms with E-state index in [4.69, 9.17) is 11.0 Å². The molecular weight excluding hydrogens is 196 g/mol. The molecule has 0 bridgehead atoms. The highest BCUT2D eigenvalue weighted by Crippen LogP contribution is 2.31. The van der Waals surface area contributed by atoms with Crippen molar-refractivity contribution in [2.45, 2.75) is 0 Å². The third-order valence-electron chi connectivity index (χ3n) is 1.97. The smallest absolute Gasteiger partial charge is 0.160 e. The number of fused-ring (bicyclic) bond motifs is 1. The zero-order valence-corrected chi connectivity index (χ0v) is 7.97. The lowest BCUT2D eigenvalue weighted by molar-refractivity contribution is 0.112. The predicted octanol–water partition coefficient (Wildman–Crippen LogP) is 2.17. The molecule has 0 atom stereocenters. The van der Waals surface area contributed by atoms with Crippen molar-refractivity contribution in [1.29, 1.82) is 5.26 Å². The Bertz CT molecular complexity index is 551. The molecule has 14 heavy (non-hydrogen) atoms. The van der Waals surface area contributed by atoms with Gasteiger partial charge in [-0.05, 0) is 18.2 Å². The monoisotopic (exact) mass is 202 g/mol. The Morgan fingerprint density at radius 2 is 2.29 bits per heavy atom. The minimum Gasteiger partial charge on any atom is -0.398 e. The molecule has 2 aromatic rings. The number of carbonyl (C=O) groups excluding carboxylic acids is 1. The molecule has 0 amide bonds. The van der Waals surface area contributed by atoms with Gasteiger partial charge in [0, 0.05) is 11.1 Å². The van der Waals surface area contributed by atoms with E-state index in [2.05, 4.69) is 6.07 Å². The van der Waals surface area contributed by atoms with Gasteiger partial charge >= 0.3 is 0 Å². The molecule has 1 aromatic carbocycles. The van der Waals surface area contributed by atoms with Crippen molar-refractivity contribution in [2.75, 3.05) is 5.73 Å². The molecule has 0 aliphatic carbocycles. The average molecular weight is 202 g/mol. The van der Waals surface area contributed by atoms with Crippen molar-refractivity contribution in [2.24, 2.45) is 0 Å². The standard InChI is InChI=1S/C10H6N2OS/c11-4-6-1-2-9(12)8-3-7(5-13)14-10(6)8/h1-3,5H,12H2. The SMILES string of the molecule is N#Cc1ccc(N)c2cc(C=O)sc12. The summed E-state index contributed by atoms with van der Waals surface area (Å²) in [6.45, 7) is 0. The Hall–Kier alpha value is -1.86. The second-order valence-electron chi connectivity index (χ2n) is 2.82.